The molecule has 0 saturated carbocycles. The molecule has 0 aliphatic heterocycles. The molecule has 1 aromatic rings. The summed E-state index contributed by atoms with van der Waals surface area (Å²) in [5, 5.41) is 0. The Bertz CT molecular complexity index is 422. The van der Waals surface area contributed by atoms with Crippen LogP contribution < -0.4 is 4.57 Å². The zero-order valence-electron chi connectivity index (χ0n) is 18.3. The van der Waals surface area contributed by atoms with Crippen molar-refractivity contribution in [3.63, 3.8) is 0 Å². The highest BCUT2D eigenvalue weighted by Gasteiger charge is 2.15. The van der Waals surface area contributed by atoms with E-state index in [9.17, 15) is 0 Å². The Morgan fingerprint density at radius 2 is 1.19 bits per heavy atom. The van der Waals surface area contributed by atoms with Gasteiger partial charge in [-0.15, -0.1) is 0 Å². The summed E-state index contributed by atoms with van der Waals surface area (Å²) in [6, 6.07) is 0. The van der Waals surface area contributed by atoms with E-state index in [1.54, 1.807) is 5.82 Å². The zero-order valence-corrected chi connectivity index (χ0v) is 18.3. The summed E-state index contributed by atoms with van der Waals surface area (Å²) >= 11 is 0. The zero-order chi connectivity index (χ0) is 18.9. The van der Waals surface area contributed by atoms with E-state index in [4.69, 9.17) is 0 Å². The van der Waals surface area contributed by atoms with E-state index in [0.29, 0.717) is 0 Å². The van der Waals surface area contributed by atoms with Crippen LogP contribution in [-0.2, 0) is 19.5 Å². The molecule has 152 valence electrons. The average molecular weight is 364 g/mol. The van der Waals surface area contributed by atoms with Crippen LogP contribution in [0.4, 0.5) is 0 Å². The smallest absolute Gasteiger partial charge is 0.234 e. The van der Waals surface area contributed by atoms with Crippen LogP contribution in [0.1, 0.15) is 123 Å². The van der Waals surface area contributed by atoms with E-state index < -0.39 is 0 Å². The maximum atomic E-state index is 2.54. The van der Waals surface area contributed by atoms with Crippen LogP contribution in [-0.4, -0.2) is 4.57 Å². The molecular weight excluding hydrogens is 316 g/mol. The largest absolute Gasteiger partial charge is 0.256 e. The van der Waals surface area contributed by atoms with Gasteiger partial charge in [0.2, 0.25) is 0 Å². The first-order valence-corrected chi connectivity index (χ1v) is 11.9. The normalized spacial score (nSPS) is 11.3. The van der Waals surface area contributed by atoms with Gasteiger partial charge in [-0.2, -0.15) is 0 Å². The standard InChI is InChI=1S/C24H47N2/c1-4-7-9-10-11-12-13-14-15-16-18-21-26-23-22-25(20-6-3)24(26)19-17-8-5-2/h22-23H,4-21H2,1-3H3/q+1. The lowest BCUT2D eigenvalue weighted by molar-refractivity contribution is -0.703. The van der Waals surface area contributed by atoms with Crippen molar-refractivity contribution in [1.29, 1.82) is 0 Å². The molecule has 1 heterocycles. The van der Waals surface area contributed by atoms with Gasteiger partial charge >= 0.3 is 0 Å². The Morgan fingerprint density at radius 1 is 0.654 bits per heavy atom. The highest BCUT2D eigenvalue weighted by atomic mass is 15.1. The van der Waals surface area contributed by atoms with E-state index in [1.807, 2.05) is 0 Å². The highest BCUT2D eigenvalue weighted by Crippen LogP contribution is 2.12. The van der Waals surface area contributed by atoms with E-state index in [-0.39, 0.29) is 0 Å². The molecule has 0 atom stereocenters. The fourth-order valence-corrected chi connectivity index (χ4v) is 3.91. The Hall–Kier alpha value is -0.790. The molecule has 0 unspecified atom stereocenters. The fourth-order valence-electron chi connectivity index (χ4n) is 3.91. The van der Waals surface area contributed by atoms with Crippen LogP contribution in [0.25, 0.3) is 0 Å². The molecule has 2 nitrogen and oxygen atoms in total. The van der Waals surface area contributed by atoms with E-state index in [0.717, 1.165) is 0 Å². The molecular formula is C24H47N2+. The molecule has 26 heavy (non-hydrogen) atoms. The quantitative estimate of drug-likeness (QED) is 0.192. The molecule has 0 aromatic carbocycles. The van der Waals surface area contributed by atoms with Gasteiger partial charge in [-0.1, -0.05) is 91.4 Å². The maximum Gasteiger partial charge on any atom is 0.256 e. The van der Waals surface area contributed by atoms with Gasteiger partial charge in [0.1, 0.15) is 12.4 Å². The van der Waals surface area contributed by atoms with E-state index in [1.165, 1.54) is 116 Å². The van der Waals surface area contributed by atoms with Gasteiger partial charge in [0.15, 0.2) is 0 Å². The first-order chi connectivity index (χ1) is 12.8. The molecule has 2 heteroatoms. The van der Waals surface area contributed by atoms with Crippen molar-refractivity contribution in [3.05, 3.63) is 18.2 Å². The SMILES string of the molecule is CCCCCCCCCCCCCn1cc[n+](CCC)c1CCCCC. The van der Waals surface area contributed by atoms with Gasteiger partial charge < -0.3 is 0 Å². The van der Waals surface area contributed by atoms with Gasteiger partial charge in [0.05, 0.1) is 13.1 Å². The lowest BCUT2D eigenvalue weighted by Gasteiger charge is -2.05. The number of imidazole rings is 1. The number of unbranched alkanes of at least 4 members (excludes halogenated alkanes) is 12. The Labute approximate surface area is 164 Å². The predicted molar refractivity (Wildman–Crippen MR) is 115 cm³/mol. The summed E-state index contributed by atoms with van der Waals surface area (Å²) in [4.78, 5) is 0. The molecule has 0 amide bonds. The van der Waals surface area contributed by atoms with Crippen LogP contribution in [0.15, 0.2) is 12.4 Å². The second-order valence-electron chi connectivity index (χ2n) is 8.09. The third kappa shape index (κ3) is 10.4. The van der Waals surface area contributed by atoms with Crippen molar-refractivity contribution in [2.75, 3.05) is 0 Å². The molecule has 0 spiro atoms. The average Bonchev–Trinajstić information content (AvgIpc) is 3.02. The fraction of sp³-hybridized carbons (Fsp3) is 0.875. The maximum absolute atomic E-state index is 2.54. The van der Waals surface area contributed by atoms with Crippen LogP contribution in [0.3, 0.4) is 0 Å². The van der Waals surface area contributed by atoms with Crippen molar-refractivity contribution < 1.29 is 4.57 Å². The van der Waals surface area contributed by atoms with E-state index in [2.05, 4.69) is 42.3 Å². The Morgan fingerprint density at radius 3 is 1.77 bits per heavy atom. The first kappa shape index (κ1) is 23.2. The summed E-state index contributed by atoms with van der Waals surface area (Å²) in [7, 11) is 0. The highest BCUT2D eigenvalue weighted by molar-refractivity contribution is 4.84. The minimum Gasteiger partial charge on any atom is -0.234 e. The third-order valence-electron chi connectivity index (χ3n) is 5.56. The number of aromatic nitrogens is 2. The second-order valence-corrected chi connectivity index (χ2v) is 8.09. The lowest BCUT2D eigenvalue weighted by atomic mass is 10.1. The molecule has 0 saturated heterocycles. The minimum absolute atomic E-state index is 1.17. The number of hydrogen-bond acceptors (Lipinski definition) is 0. The molecule has 0 radical (unpaired) electrons. The van der Waals surface area contributed by atoms with Gasteiger partial charge in [0.25, 0.3) is 5.82 Å². The number of nitrogens with zero attached hydrogens (tertiary/aromatic N) is 2. The summed E-state index contributed by atoms with van der Waals surface area (Å²) < 4.78 is 5.03. The van der Waals surface area contributed by atoms with E-state index >= 15 is 0 Å². The molecule has 1 aromatic heterocycles. The third-order valence-corrected chi connectivity index (χ3v) is 5.56. The van der Waals surface area contributed by atoms with Gasteiger partial charge in [-0.3, -0.25) is 0 Å². The summed E-state index contributed by atoms with van der Waals surface area (Å²) in [5.41, 5.74) is 0. The first-order valence-electron chi connectivity index (χ1n) is 11.9. The topological polar surface area (TPSA) is 8.81 Å². The number of aryl methyl sites for hydroxylation is 2. The molecule has 0 aliphatic carbocycles. The Balaban J connectivity index is 2.15. The number of hydrogen-bond donors (Lipinski definition) is 0. The molecule has 0 N–H and O–H groups in total. The Kier molecular flexibility index (Phi) is 14.7. The van der Waals surface area contributed by atoms with Crippen molar-refractivity contribution >= 4 is 0 Å². The van der Waals surface area contributed by atoms with Crippen molar-refractivity contribution in [1.82, 2.24) is 4.57 Å². The van der Waals surface area contributed by atoms with Crippen molar-refractivity contribution in [3.8, 4) is 0 Å². The van der Waals surface area contributed by atoms with Crippen LogP contribution in [0.2, 0.25) is 0 Å². The molecule has 0 bridgehead atoms. The minimum atomic E-state index is 1.17. The van der Waals surface area contributed by atoms with Gasteiger partial charge in [-0.25, -0.2) is 9.13 Å². The molecule has 1 rings (SSSR count). The van der Waals surface area contributed by atoms with Crippen molar-refractivity contribution in [2.24, 2.45) is 0 Å². The summed E-state index contributed by atoms with van der Waals surface area (Å²) in [6.45, 7) is 9.27. The van der Waals surface area contributed by atoms with Crippen molar-refractivity contribution in [2.45, 2.75) is 137 Å². The predicted octanol–water partition coefficient (Wildman–Crippen LogP) is 7.23. The monoisotopic (exact) mass is 363 g/mol. The summed E-state index contributed by atoms with van der Waals surface area (Å²) in [5.74, 6) is 1.56. The van der Waals surface area contributed by atoms with Gasteiger partial charge in [0, 0.05) is 6.42 Å². The number of rotatable bonds is 18. The molecule has 0 fully saturated rings. The van der Waals surface area contributed by atoms with Gasteiger partial charge in [-0.05, 0) is 25.7 Å². The second kappa shape index (κ2) is 16.4. The molecule has 0 aliphatic rings. The summed E-state index contributed by atoms with van der Waals surface area (Å²) in [6.07, 6.45) is 26.8. The lowest BCUT2D eigenvalue weighted by Crippen LogP contribution is -2.37. The van der Waals surface area contributed by atoms with Crippen LogP contribution in [0.5, 0.6) is 0 Å². The van der Waals surface area contributed by atoms with Crippen LogP contribution in [0, 0.1) is 0 Å². The van der Waals surface area contributed by atoms with Crippen LogP contribution >= 0.6 is 0 Å².